The van der Waals surface area contributed by atoms with Crippen LogP contribution in [0.25, 0.3) is 0 Å². The summed E-state index contributed by atoms with van der Waals surface area (Å²) in [4.78, 5) is 24.1. The molecule has 2 aromatic carbocycles. The largest absolute Gasteiger partial charge is 0.465 e. The number of methoxy groups -OCH3 is 1. The molecule has 27 heavy (non-hydrogen) atoms. The number of nitrogens with one attached hydrogen (secondary N) is 1. The number of hydrogen-bond donors (Lipinski definition) is 1. The van der Waals surface area contributed by atoms with Crippen LogP contribution in [0, 0.1) is 0 Å². The molecular weight excluding hydrogens is 392 g/mol. The highest BCUT2D eigenvalue weighted by Gasteiger charge is 2.16. The molecule has 0 aliphatic carbocycles. The van der Waals surface area contributed by atoms with Crippen LogP contribution in [0.4, 0.5) is 11.4 Å². The van der Waals surface area contributed by atoms with Crippen molar-refractivity contribution in [3.63, 3.8) is 0 Å². The fourth-order valence-corrected chi connectivity index (χ4v) is 3.63. The number of ether oxygens (including phenoxy) is 1. The normalized spacial score (nSPS) is 11.0. The number of halogens is 1. The molecule has 0 aromatic heterocycles. The Morgan fingerprint density at radius 3 is 2.30 bits per heavy atom. The van der Waals surface area contributed by atoms with Crippen LogP contribution >= 0.6 is 11.6 Å². The molecule has 1 N–H and O–H groups in total. The van der Waals surface area contributed by atoms with E-state index < -0.39 is 21.9 Å². The Morgan fingerprint density at radius 2 is 1.78 bits per heavy atom. The Bertz CT molecular complexity index is 958. The topological polar surface area (TPSA) is 92.8 Å². The van der Waals surface area contributed by atoms with Crippen LogP contribution in [-0.2, 0) is 14.8 Å². The van der Waals surface area contributed by atoms with Crippen molar-refractivity contribution in [1.29, 1.82) is 0 Å². The molecule has 0 atom stereocenters. The fourth-order valence-electron chi connectivity index (χ4n) is 2.46. The number of benzene rings is 2. The average molecular weight is 411 g/mol. The maximum Gasteiger partial charge on any atom is 0.339 e. The molecule has 0 saturated heterocycles. The standard InChI is InChI=1S/C18H19ClN2O5S/c1-4-21(27(3,24)25)14-8-5-12(6-9-14)17(22)20-13-7-10-16(19)15(11-13)18(23)26-2/h5-11H,4H2,1-3H3,(H,20,22). The van der Waals surface area contributed by atoms with Gasteiger partial charge in [-0.2, -0.15) is 0 Å². The summed E-state index contributed by atoms with van der Waals surface area (Å²) in [5, 5.41) is 2.87. The van der Waals surface area contributed by atoms with E-state index in [-0.39, 0.29) is 17.1 Å². The molecule has 0 unspecified atom stereocenters. The summed E-state index contributed by atoms with van der Waals surface area (Å²) in [6.45, 7) is 2.01. The van der Waals surface area contributed by atoms with Gasteiger partial charge in [-0.1, -0.05) is 11.6 Å². The molecule has 0 spiro atoms. The molecule has 1 amide bonds. The van der Waals surface area contributed by atoms with E-state index in [1.807, 2.05) is 0 Å². The van der Waals surface area contributed by atoms with Crippen molar-refractivity contribution in [2.75, 3.05) is 29.5 Å². The fraction of sp³-hybridized carbons (Fsp3) is 0.222. The van der Waals surface area contributed by atoms with Crippen molar-refractivity contribution < 1.29 is 22.7 Å². The number of nitrogens with zero attached hydrogens (tertiary/aromatic N) is 1. The third-order valence-electron chi connectivity index (χ3n) is 3.73. The smallest absolute Gasteiger partial charge is 0.339 e. The van der Waals surface area contributed by atoms with Crippen LogP contribution in [0.1, 0.15) is 27.6 Å². The first-order valence-corrected chi connectivity index (χ1v) is 10.2. The van der Waals surface area contributed by atoms with Crippen molar-refractivity contribution in [3.8, 4) is 0 Å². The molecule has 0 radical (unpaired) electrons. The number of rotatable bonds is 6. The summed E-state index contributed by atoms with van der Waals surface area (Å²) in [6.07, 6.45) is 1.12. The quantitative estimate of drug-likeness (QED) is 0.738. The van der Waals surface area contributed by atoms with Gasteiger partial charge in [-0.05, 0) is 49.4 Å². The van der Waals surface area contributed by atoms with Gasteiger partial charge in [0.1, 0.15) is 0 Å². The summed E-state index contributed by atoms with van der Waals surface area (Å²) < 4.78 is 29.4. The monoisotopic (exact) mass is 410 g/mol. The first kappa shape index (κ1) is 20.7. The highest BCUT2D eigenvalue weighted by molar-refractivity contribution is 7.92. The Balaban J connectivity index is 2.21. The minimum Gasteiger partial charge on any atom is -0.465 e. The molecule has 0 heterocycles. The van der Waals surface area contributed by atoms with Gasteiger partial charge in [0.05, 0.1) is 29.6 Å². The summed E-state index contributed by atoms with van der Waals surface area (Å²) in [5.74, 6) is -1.03. The average Bonchev–Trinajstić information content (AvgIpc) is 2.62. The van der Waals surface area contributed by atoms with E-state index in [1.54, 1.807) is 25.1 Å². The van der Waals surface area contributed by atoms with Gasteiger partial charge in [-0.15, -0.1) is 0 Å². The Morgan fingerprint density at radius 1 is 1.15 bits per heavy atom. The lowest BCUT2D eigenvalue weighted by Crippen LogP contribution is -2.29. The van der Waals surface area contributed by atoms with Gasteiger partial charge in [0, 0.05) is 17.8 Å². The van der Waals surface area contributed by atoms with Gasteiger partial charge < -0.3 is 10.1 Å². The second-order valence-electron chi connectivity index (χ2n) is 5.61. The molecule has 7 nitrogen and oxygen atoms in total. The molecule has 2 rings (SSSR count). The van der Waals surface area contributed by atoms with Crippen LogP contribution in [0.2, 0.25) is 5.02 Å². The van der Waals surface area contributed by atoms with Gasteiger partial charge in [0.15, 0.2) is 0 Å². The highest BCUT2D eigenvalue weighted by atomic mass is 35.5. The molecule has 0 fully saturated rings. The van der Waals surface area contributed by atoms with E-state index in [0.717, 1.165) is 6.26 Å². The summed E-state index contributed by atoms with van der Waals surface area (Å²) in [7, 11) is -2.16. The molecule has 0 bridgehead atoms. The second kappa shape index (κ2) is 8.41. The predicted molar refractivity (Wildman–Crippen MR) is 105 cm³/mol. The maximum atomic E-state index is 12.4. The molecule has 0 saturated carbocycles. The Labute approximate surface area is 162 Å². The first-order chi connectivity index (χ1) is 12.7. The van der Waals surface area contributed by atoms with Crippen LogP contribution in [0.15, 0.2) is 42.5 Å². The summed E-state index contributed by atoms with van der Waals surface area (Å²) in [6, 6.07) is 10.6. The van der Waals surface area contributed by atoms with Crippen molar-refractivity contribution in [1.82, 2.24) is 0 Å². The maximum absolute atomic E-state index is 12.4. The number of sulfonamides is 1. The van der Waals surface area contributed by atoms with E-state index in [9.17, 15) is 18.0 Å². The minimum absolute atomic E-state index is 0.138. The highest BCUT2D eigenvalue weighted by Crippen LogP contribution is 2.23. The number of hydrogen-bond acceptors (Lipinski definition) is 5. The van der Waals surface area contributed by atoms with Crippen molar-refractivity contribution in [2.24, 2.45) is 0 Å². The third-order valence-corrected chi connectivity index (χ3v) is 5.33. The van der Waals surface area contributed by atoms with Crippen LogP contribution < -0.4 is 9.62 Å². The van der Waals surface area contributed by atoms with Crippen molar-refractivity contribution in [2.45, 2.75) is 6.92 Å². The number of amides is 1. The predicted octanol–water partition coefficient (Wildman–Crippen LogP) is 3.16. The van der Waals surface area contributed by atoms with Gasteiger partial charge in [-0.3, -0.25) is 9.10 Å². The van der Waals surface area contributed by atoms with E-state index in [0.29, 0.717) is 16.9 Å². The summed E-state index contributed by atoms with van der Waals surface area (Å²) in [5.41, 5.74) is 1.31. The molecule has 0 aliphatic heterocycles. The number of carbonyl (C=O) groups excluding carboxylic acids is 2. The number of carbonyl (C=O) groups is 2. The zero-order valence-corrected chi connectivity index (χ0v) is 16.6. The Kier molecular flexibility index (Phi) is 6.45. The SMILES string of the molecule is CCN(c1ccc(C(=O)Nc2ccc(Cl)c(C(=O)OC)c2)cc1)S(C)(=O)=O. The molecule has 9 heteroatoms. The van der Waals surface area contributed by atoms with E-state index in [2.05, 4.69) is 10.1 Å². The van der Waals surface area contributed by atoms with E-state index in [4.69, 9.17) is 11.6 Å². The molecule has 144 valence electrons. The minimum atomic E-state index is -3.39. The van der Waals surface area contributed by atoms with Gasteiger partial charge >= 0.3 is 5.97 Å². The van der Waals surface area contributed by atoms with Crippen LogP contribution in [0.5, 0.6) is 0 Å². The van der Waals surface area contributed by atoms with Crippen LogP contribution in [0.3, 0.4) is 0 Å². The molecule has 0 aliphatic rings. The molecular formula is C18H19ClN2O5S. The van der Waals surface area contributed by atoms with Crippen molar-refractivity contribution in [3.05, 3.63) is 58.6 Å². The van der Waals surface area contributed by atoms with E-state index in [1.165, 1.54) is 35.7 Å². The zero-order valence-electron chi connectivity index (χ0n) is 15.0. The third kappa shape index (κ3) is 4.99. The van der Waals surface area contributed by atoms with Gasteiger partial charge in [-0.25, -0.2) is 13.2 Å². The first-order valence-electron chi connectivity index (χ1n) is 7.94. The lowest BCUT2D eigenvalue weighted by molar-refractivity contribution is 0.0600. The molecule has 2 aromatic rings. The Hall–Kier alpha value is -2.58. The number of anilines is 2. The summed E-state index contributed by atoms with van der Waals surface area (Å²) >= 11 is 5.95. The number of esters is 1. The van der Waals surface area contributed by atoms with E-state index >= 15 is 0 Å². The van der Waals surface area contributed by atoms with Crippen molar-refractivity contribution >= 4 is 44.9 Å². The lowest BCUT2D eigenvalue weighted by atomic mass is 10.1. The second-order valence-corrected chi connectivity index (χ2v) is 7.93. The van der Waals surface area contributed by atoms with Gasteiger partial charge in [0.25, 0.3) is 5.91 Å². The zero-order chi connectivity index (χ0) is 20.2. The van der Waals surface area contributed by atoms with Crippen LogP contribution in [-0.4, -0.2) is 40.2 Å². The van der Waals surface area contributed by atoms with Gasteiger partial charge in [0.2, 0.25) is 10.0 Å². The lowest BCUT2D eigenvalue weighted by Gasteiger charge is -2.20.